The van der Waals surface area contributed by atoms with Crippen LogP contribution in [0.4, 0.5) is 29.2 Å². The number of carboxylic acids is 1. The minimum absolute atomic E-state index is 0.0828. The number of hydrogen-bond donors (Lipinski definition) is 1. The minimum atomic E-state index is -4.54. The number of carbonyl (C=O) groups excluding carboxylic acids is 1. The number of benzene rings is 2. The molecular weight excluding hydrogens is 442 g/mol. The van der Waals surface area contributed by atoms with Gasteiger partial charge in [-0.15, -0.1) is 0 Å². The summed E-state index contributed by atoms with van der Waals surface area (Å²) >= 11 is 0. The third-order valence-electron chi connectivity index (χ3n) is 4.69. The van der Waals surface area contributed by atoms with Gasteiger partial charge in [-0.1, -0.05) is 12.1 Å². The lowest BCUT2D eigenvalue weighted by Gasteiger charge is -2.13. The number of nitrogens with one attached hydrogen (secondary N) is 1. The molecule has 33 heavy (non-hydrogen) atoms. The molecule has 7 nitrogen and oxygen atoms in total. The summed E-state index contributed by atoms with van der Waals surface area (Å²) in [7, 11) is 0. The van der Waals surface area contributed by atoms with Gasteiger partial charge in [-0.25, -0.2) is 19.3 Å². The van der Waals surface area contributed by atoms with E-state index in [9.17, 15) is 27.5 Å². The van der Waals surface area contributed by atoms with Crippen molar-refractivity contribution in [1.29, 1.82) is 0 Å². The van der Waals surface area contributed by atoms with Gasteiger partial charge in [-0.2, -0.15) is 13.2 Å². The first-order valence-corrected chi connectivity index (χ1v) is 9.45. The summed E-state index contributed by atoms with van der Waals surface area (Å²) in [5.74, 6) is -2.24. The largest absolute Gasteiger partial charge is 0.545 e. The Balaban J connectivity index is 1.66. The molecule has 2 heterocycles. The van der Waals surface area contributed by atoms with E-state index >= 15 is 0 Å². The highest BCUT2D eigenvalue weighted by Crippen LogP contribution is 2.31. The zero-order chi connectivity index (χ0) is 23.8. The lowest BCUT2D eigenvalue weighted by Crippen LogP contribution is -2.24. The molecule has 0 unspecified atom stereocenters. The molecule has 0 atom stereocenters. The molecule has 0 aliphatic carbocycles. The number of aromatic carboxylic acids is 1. The fourth-order valence-electron chi connectivity index (χ4n) is 3.10. The molecule has 168 valence electrons. The Bertz CT molecular complexity index is 1330. The zero-order valence-electron chi connectivity index (χ0n) is 16.9. The van der Waals surface area contributed by atoms with Crippen LogP contribution >= 0.6 is 0 Å². The quantitative estimate of drug-likeness (QED) is 0.458. The molecule has 0 bridgehead atoms. The van der Waals surface area contributed by atoms with Crippen LogP contribution < -0.4 is 10.4 Å². The van der Waals surface area contributed by atoms with E-state index in [0.29, 0.717) is 5.69 Å². The van der Waals surface area contributed by atoms with Crippen LogP contribution in [0.5, 0.6) is 0 Å². The van der Waals surface area contributed by atoms with Crippen LogP contribution in [0.1, 0.15) is 21.6 Å². The Morgan fingerprint density at radius 3 is 2.39 bits per heavy atom. The van der Waals surface area contributed by atoms with Crippen LogP contribution in [0, 0.1) is 12.7 Å². The topological polar surface area (TPSA) is 95.8 Å². The number of imidazole rings is 1. The van der Waals surface area contributed by atoms with E-state index in [0.717, 1.165) is 30.5 Å². The summed E-state index contributed by atoms with van der Waals surface area (Å²) in [6.45, 7) is 1.77. The molecule has 2 aromatic carbocycles. The summed E-state index contributed by atoms with van der Waals surface area (Å²) in [4.78, 5) is 23.5. The van der Waals surface area contributed by atoms with Gasteiger partial charge in [0.2, 0.25) is 5.95 Å². The summed E-state index contributed by atoms with van der Waals surface area (Å²) in [5, 5.41) is 14.2. The van der Waals surface area contributed by atoms with E-state index in [-0.39, 0.29) is 28.6 Å². The molecule has 11 heteroatoms. The standard InChI is InChI=1S/C22H15F4N5O2/c1-12-10-31(11-28-12)18-7-6-15(8-17(18)23)29-21-27-9-16(20(32)33)19(30-21)13-2-4-14(5-3-13)22(24,25)26/h2-11H,1H3,(H,32,33)(H,27,29,30)/p-1. The van der Waals surface area contributed by atoms with Gasteiger partial charge in [0.25, 0.3) is 0 Å². The van der Waals surface area contributed by atoms with Gasteiger partial charge < -0.3 is 19.8 Å². The van der Waals surface area contributed by atoms with E-state index in [1.165, 1.54) is 23.0 Å². The predicted molar refractivity (Wildman–Crippen MR) is 108 cm³/mol. The van der Waals surface area contributed by atoms with Crippen molar-refractivity contribution >= 4 is 17.6 Å². The van der Waals surface area contributed by atoms with Gasteiger partial charge in [0.1, 0.15) is 5.82 Å². The molecule has 0 aliphatic heterocycles. The molecule has 1 N–H and O–H groups in total. The van der Waals surface area contributed by atoms with Crippen molar-refractivity contribution in [3.05, 3.63) is 83.8 Å². The number of hydrogen-bond acceptors (Lipinski definition) is 6. The summed E-state index contributed by atoms with van der Waals surface area (Å²) in [6.07, 6.45) is -0.445. The van der Waals surface area contributed by atoms with Crippen molar-refractivity contribution in [1.82, 2.24) is 19.5 Å². The van der Waals surface area contributed by atoms with E-state index in [1.807, 2.05) is 0 Å². The normalized spacial score (nSPS) is 11.4. The Labute approximate surface area is 184 Å². The predicted octanol–water partition coefficient (Wildman–Crippen LogP) is 3.90. The maximum Gasteiger partial charge on any atom is 0.416 e. The van der Waals surface area contributed by atoms with E-state index in [4.69, 9.17) is 0 Å². The number of alkyl halides is 3. The van der Waals surface area contributed by atoms with Crippen molar-refractivity contribution in [3.8, 4) is 16.9 Å². The van der Waals surface area contributed by atoms with Gasteiger partial charge in [0.05, 0.1) is 34.9 Å². The fourth-order valence-corrected chi connectivity index (χ4v) is 3.10. The van der Waals surface area contributed by atoms with Crippen LogP contribution in [-0.2, 0) is 6.18 Å². The first-order chi connectivity index (χ1) is 15.6. The average Bonchev–Trinajstić information content (AvgIpc) is 3.19. The highest BCUT2D eigenvalue weighted by Gasteiger charge is 2.30. The molecule has 2 aromatic heterocycles. The molecule has 4 aromatic rings. The molecule has 0 aliphatic rings. The smallest absolute Gasteiger partial charge is 0.416 e. The van der Waals surface area contributed by atoms with Crippen molar-refractivity contribution in [2.24, 2.45) is 0 Å². The third kappa shape index (κ3) is 4.66. The molecule has 0 saturated carbocycles. The van der Waals surface area contributed by atoms with Crippen molar-refractivity contribution in [2.75, 3.05) is 5.32 Å². The maximum atomic E-state index is 14.6. The summed E-state index contributed by atoms with van der Waals surface area (Å²) < 4.78 is 54.6. The van der Waals surface area contributed by atoms with Crippen LogP contribution in [0.15, 0.2) is 61.2 Å². The SMILES string of the molecule is Cc1cn(-c2ccc(Nc3ncc(C(=O)[O-])c(-c4ccc(C(F)(F)F)cc4)n3)cc2F)cn1. The van der Waals surface area contributed by atoms with Crippen molar-refractivity contribution in [2.45, 2.75) is 13.1 Å². The first kappa shape index (κ1) is 21.9. The third-order valence-corrected chi connectivity index (χ3v) is 4.69. The van der Waals surface area contributed by atoms with Crippen molar-refractivity contribution in [3.63, 3.8) is 0 Å². The van der Waals surface area contributed by atoms with Gasteiger partial charge in [-0.3, -0.25) is 0 Å². The minimum Gasteiger partial charge on any atom is -0.545 e. The van der Waals surface area contributed by atoms with Crippen LogP contribution in [0.2, 0.25) is 0 Å². The number of nitrogens with zero attached hydrogens (tertiary/aromatic N) is 4. The second kappa shape index (κ2) is 8.34. The summed E-state index contributed by atoms with van der Waals surface area (Å²) in [6, 6.07) is 8.09. The number of aryl methyl sites for hydroxylation is 1. The highest BCUT2D eigenvalue weighted by molar-refractivity contribution is 5.93. The van der Waals surface area contributed by atoms with E-state index < -0.39 is 29.1 Å². The van der Waals surface area contributed by atoms with Crippen molar-refractivity contribution < 1.29 is 27.5 Å². The number of aromatic nitrogens is 4. The number of carboxylic acid groups (broad SMARTS) is 1. The van der Waals surface area contributed by atoms with Gasteiger partial charge in [0, 0.05) is 29.2 Å². The molecule has 0 spiro atoms. The number of carbonyl (C=O) groups is 1. The first-order valence-electron chi connectivity index (χ1n) is 9.45. The lowest BCUT2D eigenvalue weighted by atomic mass is 10.1. The van der Waals surface area contributed by atoms with Gasteiger partial charge in [0.15, 0.2) is 0 Å². The zero-order valence-corrected chi connectivity index (χ0v) is 16.9. The Morgan fingerprint density at radius 1 is 1.09 bits per heavy atom. The molecule has 0 fully saturated rings. The number of anilines is 2. The van der Waals surface area contributed by atoms with Crippen LogP contribution in [0.25, 0.3) is 16.9 Å². The summed E-state index contributed by atoms with van der Waals surface area (Å²) in [5.41, 5.74) is -0.0761. The second-order valence-electron chi connectivity index (χ2n) is 7.03. The van der Waals surface area contributed by atoms with Crippen LogP contribution in [-0.4, -0.2) is 25.5 Å². The molecule has 0 amide bonds. The average molecular weight is 456 g/mol. The fraction of sp³-hybridized carbons (Fsp3) is 0.0909. The monoisotopic (exact) mass is 456 g/mol. The Kier molecular flexibility index (Phi) is 5.54. The molecular formula is C22H14F4N5O2-. The van der Waals surface area contributed by atoms with Gasteiger partial charge in [-0.05, 0) is 37.3 Å². The highest BCUT2D eigenvalue weighted by atomic mass is 19.4. The van der Waals surface area contributed by atoms with E-state index in [1.54, 1.807) is 19.2 Å². The lowest BCUT2D eigenvalue weighted by molar-refractivity contribution is -0.255. The Hall–Kier alpha value is -4.28. The van der Waals surface area contributed by atoms with Crippen LogP contribution in [0.3, 0.4) is 0 Å². The Morgan fingerprint density at radius 2 is 1.82 bits per heavy atom. The molecule has 0 saturated heterocycles. The van der Waals surface area contributed by atoms with E-state index in [2.05, 4.69) is 20.3 Å². The number of halogens is 4. The molecule has 0 radical (unpaired) electrons. The second-order valence-corrected chi connectivity index (χ2v) is 7.03. The maximum absolute atomic E-state index is 14.6. The number of rotatable bonds is 5. The van der Waals surface area contributed by atoms with Gasteiger partial charge >= 0.3 is 6.18 Å². The molecule has 4 rings (SSSR count).